The van der Waals surface area contributed by atoms with Gasteiger partial charge in [0.1, 0.15) is 0 Å². The molecule has 2 amide bonds. The molecule has 2 aromatic heterocycles. The van der Waals surface area contributed by atoms with Crippen molar-refractivity contribution in [2.45, 2.75) is 26.1 Å². The van der Waals surface area contributed by atoms with Crippen molar-refractivity contribution >= 4 is 23.4 Å². The van der Waals surface area contributed by atoms with E-state index in [1.807, 2.05) is 103 Å². The number of hydrogen-bond donors (Lipinski definition) is 4. The van der Waals surface area contributed by atoms with Crippen LogP contribution in [-0.2, 0) is 0 Å². The van der Waals surface area contributed by atoms with Crippen LogP contribution in [-0.4, -0.2) is 57.3 Å². The molecule has 2 unspecified atom stereocenters. The van der Waals surface area contributed by atoms with Gasteiger partial charge in [-0.2, -0.15) is 0 Å². The first-order valence-electron chi connectivity index (χ1n) is 16.5. The van der Waals surface area contributed by atoms with Gasteiger partial charge in [0.25, 0.3) is 11.8 Å². The maximum atomic E-state index is 12.1. The highest BCUT2D eigenvalue weighted by atomic mass is 35.5. The fourth-order valence-electron chi connectivity index (χ4n) is 5.24. The van der Waals surface area contributed by atoms with E-state index < -0.39 is 12.2 Å². The van der Waals surface area contributed by atoms with Crippen LogP contribution >= 0.6 is 11.6 Å². The molecule has 0 saturated carbocycles. The minimum Gasteiger partial charge on any atom is -0.392 e. The van der Waals surface area contributed by atoms with E-state index >= 15 is 0 Å². The van der Waals surface area contributed by atoms with Crippen LogP contribution in [0.4, 0.5) is 0 Å². The molecular weight excluding hydrogens is 660 g/mol. The summed E-state index contributed by atoms with van der Waals surface area (Å²) in [4.78, 5) is 33.2. The predicted octanol–water partition coefficient (Wildman–Crippen LogP) is 7.71. The average Bonchev–Trinajstić information content (AvgIpc) is 3.17. The van der Waals surface area contributed by atoms with Crippen LogP contribution in [0.15, 0.2) is 140 Å². The molecule has 4 N–H and O–H groups in total. The number of hydrogen-bond acceptors (Lipinski definition) is 6. The number of carbonyl (C=O) groups is 2. The lowest BCUT2D eigenvalue weighted by atomic mass is 9.98. The molecule has 0 spiro atoms. The SMILES string of the molecule is CC(O)CNC(=O)c1ccc(-c2cc(Cl)cnc2-c2ccccc2)cc1.CC(O)CNC(=O)c1ccc(-c2cccnc2-c2ccccc2)cc1. The lowest BCUT2D eigenvalue weighted by Gasteiger charge is -2.11. The Labute approximate surface area is 302 Å². The molecule has 0 aliphatic heterocycles. The first-order chi connectivity index (χ1) is 24.7. The summed E-state index contributed by atoms with van der Waals surface area (Å²) < 4.78 is 0. The molecule has 258 valence electrons. The number of benzene rings is 4. The highest BCUT2D eigenvalue weighted by Crippen LogP contribution is 2.33. The summed E-state index contributed by atoms with van der Waals surface area (Å²) in [5.41, 5.74) is 8.74. The van der Waals surface area contributed by atoms with Gasteiger partial charge >= 0.3 is 0 Å². The highest BCUT2D eigenvalue weighted by molar-refractivity contribution is 6.30. The van der Waals surface area contributed by atoms with Crippen molar-refractivity contribution in [3.8, 4) is 44.8 Å². The number of aromatic nitrogens is 2. The highest BCUT2D eigenvalue weighted by Gasteiger charge is 2.13. The summed E-state index contributed by atoms with van der Waals surface area (Å²) in [5, 5.41) is 24.5. The van der Waals surface area contributed by atoms with Crippen LogP contribution in [0.25, 0.3) is 44.8 Å². The van der Waals surface area contributed by atoms with Crippen molar-refractivity contribution in [2.75, 3.05) is 13.1 Å². The van der Waals surface area contributed by atoms with Crippen LogP contribution < -0.4 is 10.6 Å². The minimum atomic E-state index is -0.579. The van der Waals surface area contributed by atoms with Gasteiger partial charge in [-0.25, -0.2) is 0 Å². The van der Waals surface area contributed by atoms with Crippen molar-refractivity contribution in [3.63, 3.8) is 0 Å². The molecular formula is C42H39ClN4O4. The van der Waals surface area contributed by atoms with Gasteiger partial charge in [0.05, 0.1) is 28.6 Å². The van der Waals surface area contributed by atoms with E-state index in [1.54, 1.807) is 50.5 Å². The lowest BCUT2D eigenvalue weighted by molar-refractivity contribution is 0.0918. The molecule has 9 heteroatoms. The molecule has 0 bridgehead atoms. The molecule has 6 aromatic rings. The molecule has 2 atom stereocenters. The number of rotatable bonds is 10. The van der Waals surface area contributed by atoms with E-state index in [4.69, 9.17) is 11.6 Å². The molecule has 4 aromatic carbocycles. The molecule has 6 rings (SSSR count). The van der Waals surface area contributed by atoms with Crippen LogP contribution in [0.3, 0.4) is 0 Å². The molecule has 0 aliphatic rings. The second-order valence-electron chi connectivity index (χ2n) is 12.0. The monoisotopic (exact) mass is 698 g/mol. The standard InChI is InChI=1S/C21H19ClN2O2.C21H20N2O2/c1-14(25)12-24-21(26)17-9-7-15(8-10-17)19-11-18(22)13-23-20(19)16-5-3-2-4-6-16;1-15(24)14-23-21(25)18-11-9-16(10-12-18)19-8-5-13-22-20(19)17-6-3-2-4-7-17/h2-11,13-14,25H,12H2,1H3,(H,24,26);2-13,15,24H,14H2,1H3,(H,23,25). The minimum absolute atomic E-state index is 0.193. The summed E-state index contributed by atoms with van der Waals surface area (Å²) in [6, 6.07) is 40.4. The number of aliphatic hydroxyl groups excluding tert-OH is 2. The lowest BCUT2D eigenvalue weighted by Crippen LogP contribution is -2.30. The Morgan fingerprint density at radius 3 is 1.51 bits per heavy atom. The number of nitrogens with zero attached hydrogens (tertiary/aromatic N) is 2. The van der Waals surface area contributed by atoms with Crippen molar-refractivity contribution in [1.82, 2.24) is 20.6 Å². The normalized spacial score (nSPS) is 11.8. The van der Waals surface area contributed by atoms with E-state index in [9.17, 15) is 19.8 Å². The van der Waals surface area contributed by atoms with Gasteiger partial charge in [-0.15, -0.1) is 0 Å². The number of nitrogens with one attached hydrogen (secondary N) is 2. The quantitative estimate of drug-likeness (QED) is 0.116. The largest absolute Gasteiger partial charge is 0.392 e. The summed E-state index contributed by atoms with van der Waals surface area (Å²) in [6.07, 6.45) is 2.27. The zero-order valence-electron chi connectivity index (χ0n) is 28.3. The zero-order valence-corrected chi connectivity index (χ0v) is 29.1. The molecule has 2 heterocycles. The Kier molecular flexibility index (Phi) is 12.8. The van der Waals surface area contributed by atoms with Crippen molar-refractivity contribution in [3.05, 3.63) is 156 Å². The maximum absolute atomic E-state index is 12.1. The van der Waals surface area contributed by atoms with Gasteiger partial charge in [0, 0.05) is 58.9 Å². The second-order valence-corrected chi connectivity index (χ2v) is 12.4. The van der Waals surface area contributed by atoms with Crippen LogP contribution in [0, 0.1) is 0 Å². The van der Waals surface area contributed by atoms with Crippen LogP contribution in [0.5, 0.6) is 0 Å². The molecule has 0 fully saturated rings. The fourth-order valence-corrected chi connectivity index (χ4v) is 5.39. The van der Waals surface area contributed by atoms with Crippen molar-refractivity contribution in [2.24, 2.45) is 0 Å². The van der Waals surface area contributed by atoms with Crippen LogP contribution in [0.2, 0.25) is 5.02 Å². The van der Waals surface area contributed by atoms with E-state index in [0.717, 1.165) is 44.8 Å². The second kappa shape index (κ2) is 17.8. The van der Waals surface area contributed by atoms with Gasteiger partial charge in [0.2, 0.25) is 0 Å². The first kappa shape index (κ1) is 36.6. The van der Waals surface area contributed by atoms with Gasteiger partial charge in [-0.3, -0.25) is 19.6 Å². The Morgan fingerprint density at radius 1 is 0.588 bits per heavy atom. The van der Waals surface area contributed by atoms with Gasteiger partial charge < -0.3 is 20.8 Å². The third-order valence-electron chi connectivity index (χ3n) is 7.79. The van der Waals surface area contributed by atoms with E-state index in [1.165, 1.54) is 0 Å². The molecule has 0 aliphatic carbocycles. The van der Waals surface area contributed by atoms with Crippen LogP contribution in [0.1, 0.15) is 34.6 Å². The Hall–Kier alpha value is -5.67. The number of halogens is 1. The van der Waals surface area contributed by atoms with E-state index in [2.05, 4.69) is 20.6 Å². The molecule has 51 heavy (non-hydrogen) atoms. The topological polar surface area (TPSA) is 124 Å². The molecule has 8 nitrogen and oxygen atoms in total. The maximum Gasteiger partial charge on any atom is 0.251 e. The van der Waals surface area contributed by atoms with E-state index in [-0.39, 0.29) is 24.9 Å². The number of aliphatic hydroxyl groups is 2. The van der Waals surface area contributed by atoms with Crippen molar-refractivity contribution in [1.29, 1.82) is 0 Å². The summed E-state index contributed by atoms with van der Waals surface area (Å²) in [5.74, 6) is -0.410. The molecule has 0 radical (unpaired) electrons. The average molecular weight is 699 g/mol. The zero-order chi connectivity index (χ0) is 36.2. The van der Waals surface area contributed by atoms with Gasteiger partial charge in [-0.1, -0.05) is 103 Å². The first-order valence-corrected chi connectivity index (χ1v) is 16.9. The Balaban J connectivity index is 0.000000198. The van der Waals surface area contributed by atoms with Crippen molar-refractivity contribution < 1.29 is 19.8 Å². The van der Waals surface area contributed by atoms with Gasteiger partial charge in [0.15, 0.2) is 0 Å². The van der Waals surface area contributed by atoms with E-state index in [0.29, 0.717) is 16.1 Å². The Morgan fingerprint density at radius 2 is 1.04 bits per heavy atom. The fraction of sp³-hybridized carbons (Fsp3) is 0.143. The molecule has 0 saturated heterocycles. The van der Waals surface area contributed by atoms with Gasteiger partial charge in [-0.05, 0) is 61.4 Å². The number of carbonyl (C=O) groups excluding carboxylic acids is 2. The number of amides is 2. The summed E-state index contributed by atoms with van der Waals surface area (Å²) in [6.45, 7) is 3.72. The third-order valence-corrected chi connectivity index (χ3v) is 8.00. The summed E-state index contributed by atoms with van der Waals surface area (Å²) >= 11 is 6.16. The smallest absolute Gasteiger partial charge is 0.251 e. The predicted molar refractivity (Wildman–Crippen MR) is 203 cm³/mol. The summed E-state index contributed by atoms with van der Waals surface area (Å²) in [7, 11) is 0. The Bertz CT molecular complexity index is 2040. The number of pyridine rings is 2. The third kappa shape index (κ3) is 10.2.